The van der Waals surface area contributed by atoms with Crippen molar-refractivity contribution in [2.45, 2.75) is 51.1 Å². The molecule has 0 heterocycles. The second-order valence-corrected chi connectivity index (χ2v) is 7.99. The van der Waals surface area contributed by atoms with E-state index in [1.165, 1.54) is 19.1 Å². The average molecular weight is 461 g/mol. The number of hydrogen-bond donors (Lipinski definition) is 1. The molecule has 0 radical (unpaired) electrons. The van der Waals surface area contributed by atoms with E-state index in [0.29, 0.717) is 11.1 Å². The van der Waals surface area contributed by atoms with Crippen LogP contribution < -0.4 is 0 Å². The quantitative estimate of drug-likeness (QED) is 0.238. The standard InChI is InChI=1S/C26H30F2O5/c1-3-33-23(29)13-12-20-10-7-11-22(18-20)25(2,24(30)31)14-15-26(27,28)16-17-32-19-21-8-5-4-6-9-21/h4-13,18H,3,14-17,19H2,1-2H3,(H,30,31). The Balaban J connectivity index is 1.99. The van der Waals surface area contributed by atoms with Crippen molar-refractivity contribution < 1.29 is 33.0 Å². The van der Waals surface area contributed by atoms with Gasteiger partial charge in [-0.1, -0.05) is 54.6 Å². The summed E-state index contributed by atoms with van der Waals surface area (Å²) < 4.78 is 39.2. The lowest BCUT2D eigenvalue weighted by Crippen LogP contribution is -2.35. The Hall–Kier alpha value is -3.06. The summed E-state index contributed by atoms with van der Waals surface area (Å²) in [5, 5.41) is 9.84. The van der Waals surface area contributed by atoms with Gasteiger partial charge in [-0.05, 0) is 43.0 Å². The van der Waals surface area contributed by atoms with Crippen molar-refractivity contribution in [3.63, 3.8) is 0 Å². The van der Waals surface area contributed by atoms with Gasteiger partial charge in [0.15, 0.2) is 0 Å². The molecule has 2 rings (SSSR count). The first-order chi connectivity index (χ1) is 15.7. The molecule has 1 atom stereocenters. The summed E-state index contributed by atoms with van der Waals surface area (Å²) >= 11 is 0. The number of hydrogen-bond acceptors (Lipinski definition) is 4. The van der Waals surface area contributed by atoms with Crippen LogP contribution in [0.2, 0.25) is 0 Å². The van der Waals surface area contributed by atoms with Crippen LogP contribution in [0.25, 0.3) is 6.08 Å². The molecule has 0 saturated carbocycles. The summed E-state index contributed by atoms with van der Waals surface area (Å²) in [4.78, 5) is 23.6. The Morgan fingerprint density at radius 3 is 2.42 bits per heavy atom. The predicted molar refractivity (Wildman–Crippen MR) is 122 cm³/mol. The van der Waals surface area contributed by atoms with Crippen molar-refractivity contribution in [1.29, 1.82) is 0 Å². The largest absolute Gasteiger partial charge is 0.481 e. The lowest BCUT2D eigenvalue weighted by Gasteiger charge is -2.28. The maximum atomic E-state index is 14.5. The highest BCUT2D eigenvalue weighted by Crippen LogP contribution is 2.35. The molecule has 178 valence electrons. The zero-order valence-corrected chi connectivity index (χ0v) is 18.9. The zero-order valence-electron chi connectivity index (χ0n) is 18.9. The number of rotatable bonds is 13. The Bertz CT molecular complexity index is 943. The van der Waals surface area contributed by atoms with Gasteiger partial charge < -0.3 is 14.6 Å². The summed E-state index contributed by atoms with van der Waals surface area (Å²) in [6, 6.07) is 15.8. The SMILES string of the molecule is CCOC(=O)C=Cc1cccc(C(C)(CCC(F)(F)CCOCc2ccccc2)C(=O)O)c1. The summed E-state index contributed by atoms with van der Waals surface area (Å²) in [6.07, 6.45) is 1.41. The van der Waals surface area contributed by atoms with Gasteiger partial charge in [-0.25, -0.2) is 13.6 Å². The molecule has 0 aliphatic rings. The van der Waals surface area contributed by atoms with E-state index in [9.17, 15) is 23.5 Å². The highest BCUT2D eigenvalue weighted by atomic mass is 19.3. The number of carboxylic acid groups (broad SMARTS) is 1. The molecule has 0 fully saturated rings. The van der Waals surface area contributed by atoms with E-state index in [2.05, 4.69) is 0 Å². The van der Waals surface area contributed by atoms with E-state index in [1.54, 1.807) is 31.2 Å². The third kappa shape index (κ3) is 8.42. The van der Waals surface area contributed by atoms with Gasteiger partial charge in [0.25, 0.3) is 0 Å². The van der Waals surface area contributed by atoms with E-state index >= 15 is 0 Å². The van der Waals surface area contributed by atoms with Gasteiger partial charge in [0, 0.05) is 18.9 Å². The summed E-state index contributed by atoms with van der Waals surface area (Å²) in [7, 11) is 0. The van der Waals surface area contributed by atoms with Crippen molar-refractivity contribution in [1.82, 2.24) is 0 Å². The Kier molecular flexibility index (Phi) is 9.73. The number of benzene rings is 2. The van der Waals surface area contributed by atoms with Crippen LogP contribution in [-0.4, -0.2) is 36.2 Å². The monoisotopic (exact) mass is 460 g/mol. The molecule has 0 bridgehead atoms. The van der Waals surface area contributed by atoms with Crippen molar-refractivity contribution in [3.8, 4) is 0 Å². The maximum Gasteiger partial charge on any atom is 0.330 e. The fraction of sp³-hybridized carbons (Fsp3) is 0.385. The minimum Gasteiger partial charge on any atom is -0.481 e. The molecule has 0 aliphatic heterocycles. The highest BCUT2D eigenvalue weighted by molar-refractivity contribution is 5.87. The van der Waals surface area contributed by atoms with Crippen molar-refractivity contribution >= 4 is 18.0 Å². The molecule has 0 aromatic heterocycles. The Labute approximate surface area is 193 Å². The van der Waals surface area contributed by atoms with Gasteiger partial charge >= 0.3 is 11.9 Å². The summed E-state index contributed by atoms with van der Waals surface area (Å²) in [5.41, 5.74) is 0.352. The van der Waals surface area contributed by atoms with Gasteiger partial charge in [0.2, 0.25) is 5.92 Å². The normalized spacial score (nSPS) is 13.6. The van der Waals surface area contributed by atoms with Crippen molar-refractivity contribution in [3.05, 3.63) is 77.4 Å². The van der Waals surface area contributed by atoms with E-state index in [-0.39, 0.29) is 26.2 Å². The molecule has 1 N–H and O–H groups in total. The smallest absolute Gasteiger partial charge is 0.330 e. The van der Waals surface area contributed by atoms with Crippen LogP contribution in [0.3, 0.4) is 0 Å². The maximum absolute atomic E-state index is 14.5. The van der Waals surface area contributed by atoms with Gasteiger partial charge in [0.05, 0.1) is 25.2 Å². The van der Waals surface area contributed by atoms with Crippen LogP contribution in [0.1, 0.15) is 49.8 Å². The molecule has 5 nitrogen and oxygen atoms in total. The molecule has 2 aromatic rings. The number of ether oxygens (including phenoxy) is 2. The molecular weight excluding hydrogens is 430 g/mol. The molecule has 0 spiro atoms. The first kappa shape index (κ1) is 26.2. The lowest BCUT2D eigenvalue weighted by atomic mass is 9.77. The van der Waals surface area contributed by atoms with E-state index in [4.69, 9.17) is 9.47 Å². The topological polar surface area (TPSA) is 72.8 Å². The van der Waals surface area contributed by atoms with Crippen LogP contribution in [0.5, 0.6) is 0 Å². The highest BCUT2D eigenvalue weighted by Gasteiger charge is 2.39. The van der Waals surface area contributed by atoms with Crippen molar-refractivity contribution in [2.75, 3.05) is 13.2 Å². The minimum absolute atomic E-state index is 0.125. The number of carboxylic acids is 1. The lowest BCUT2D eigenvalue weighted by molar-refractivity contribution is -0.144. The van der Waals surface area contributed by atoms with E-state index < -0.39 is 36.1 Å². The molecule has 1 unspecified atom stereocenters. The first-order valence-electron chi connectivity index (χ1n) is 10.8. The third-order valence-corrected chi connectivity index (χ3v) is 5.41. The third-order valence-electron chi connectivity index (χ3n) is 5.41. The zero-order chi connectivity index (χ0) is 24.3. The molecule has 0 amide bonds. The molecule has 0 saturated heterocycles. The second-order valence-electron chi connectivity index (χ2n) is 7.99. The number of alkyl halides is 2. The van der Waals surface area contributed by atoms with Crippen LogP contribution in [0.15, 0.2) is 60.7 Å². The molecule has 0 aliphatic carbocycles. The molecular formula is C26H30F2O5. The van der Waals surface area contributed by atoms with E-state index in [0.717, 1.165) is 5.56 Å². The van der Waals surface area contributed by atoms with E-state index in [1.807, 2.05) is 30.3 Å². The predicted octanol–water partition coefficient (Wildman–Crippen LogP) is 5.63. The number of carbonyl (C=O) groups is 2. The summed E-state index contributed by atoms with van der Waals surface area (Å²) in [5.74, 6) is -4.77. The number of esters is 1. The number of carbonyl (C=O) groups excluding carboxylic acids is 1. The average Bonchev–Trinajstić information content (AvgIpc) is 2.80. The Morgan fingerprint density at radius 2 is 1.76 bits per heavy atom. The van der Waals surface area contributed by atoms with Gasteiger partial charge in [-0.15, -0.1) is 0 Å². The van der Waals surface area contributed by atoms with Crippen molar-refractivity contribution in [2.24, 2.45) is 0 Å². The Morgan fingerprint density at radius 1 is 1.03 bits per heavy atom. The second kappa shape index (κ2) is 12.3. The first-order valence-corrected chi connectivity index (χ1v) is 10.8. The van der Waals surface area contributed by atoms with Crippen LogP contribution in [-0.2, 0) is 31.1 Å². The van der Waals surface area contributed by atoms with Gasteiger partial charge in [-0.3, -0.25) is 4.79 Å². The minimum atomic E-state index is -3.06. The molecule has 7 heteroatoms. The van der Waals surface area contributed by atoms with Gasteiger partial charge in [-0.2, -0.15) is 0 Å². The fourth-order valence-electron chi connectivity index (χ4n) is 3.26. The van der Waals surface area contributed by atoms with Crippen LogP contribution in [0.4, 0.5) is 8.78 Å². The van der Waals surface area contributed by atoms with Gasteiger partial charge in [0.1, 0.15) is 0 Å². The number of halogens is 2. The van der Waals surface area contributed by atoms with Crippen LogP contribution >= 0.6 is 0 Å². The fourth-order valence-corrected chi connectivity index (χ4v) is 3.26. The summed E-state index contributed by atoms with van der Waals surface area (Å²) in [6.45, 7) is 3.49. The molecule has 33 heavy (non-hydrogen) atoms. The number of aliphatic carboxylic acids is 1. The molecule has 2 aromatic carbocycles. The van der Waals surface area contributed by atoms with Crippen LogP contribution in [0, 0.1) is 0 Å².